The van der Waals surface area contributed by atoms with Gasteiger partial charge in [0.2, 0.25) is 0 Å². The topological polar surface area (TPSA) is 79.1 Å². The van der Waals surface area contributed by atoms with Crippen LogP contribution < -0.4 is 19.7 Å². The highest BCUT2D eigenvalue weighted by molar-refractivity contribution is 5.98. The fraction of sp³-hybridized carbons (Fsp3) is 0.393. The van der Waals surface area contributed by atoms with Gasteiger partial charge in [0.1, 0.15) is 30.5 Å². The molecule has 1 amide bonds. The zero-order chi connectivity index (χ0) is 25.9. The van der Waals surface area contributed by atoms with E-state index in [1.165, 1.54) is 0 Å². The van der Waals surface area contributed by atoms with Crippen LogP contribution in [0.5, 0.6) is 11.5 Å². The minimum absolute atomic E-state index is 0.0790. The van der Waals surface area contributed by atoms with E-state index >= 15 is 0 Å². The number of ether oxygens (including phenoxy) is 3. The molecule has 198 valence electrons. The molecule has 2 heterocycles. The molecule has 2 N–H and O–H groups in total. The molecule has 1 aromatic heterocycles. The van der Waals surface area contributed by atoms with Gasteiger partial charge in [-0.3, -0.25) is 9.69 Å². The summed E-state index contributed by atoms with van der Waals surface area (Å²) in [6.45, 7) is 5.40. The third kappa shape index (κ3) is 7.47. The Morgan fingerprint density at radius 1 is 1.05 bits per heavy atom. The predicted octanol–water partition coefficient (Wildman–Crippen LogP) is 3.65. The highest BCUT2D eigenvalue weighted by Gasteiger charge is 2.18. The molecule has 37 heavy (non-hydrogen) atoms. The van der Waals surface area contributed by atoms with Crippen molar-refractivity contribution in [3.63, 3.8) is 0 Å². The second kappa shape index (κ2) is 13.7. The van der Waals surface area contributed by atoms with E-state index in [1.54, 1.807) is 7.11 Å². The number of carbonyl (C=O) groups excluding carboxylic acids is 1. The number of para-hydroxylation sites is 2. The Morgan fingerprint density at radius 3 is 2.70 bits per heavy atom. The molecule has 1 fully saturated rings. The number of nitrogens with zero attached hydrogens (tertiary/aromatic N) is 2. The summed E-state index contributed by atoms with van der Waals surface area (Å²) in [6.07, 6.45) is 4.09. The molecule has 9 heteroatoms. The van der Waals surface area contributed by atoms with E-state index in [-0.39, 0.29) is 12.5 Å². The van der Waals surface area contributed by atoms with E-state index in [2.05, 4.69) is 32.2 Å². The standard InChI is InChI=1S/C28H35FN4O4/c1-35-27-7-3-2-6-26(27)33-15-13-32(14-16-33)12-5-4-11-30-28(34)25-21-22-20-23(8-9-24(22)31-25)37-19-18-36-17-10-29/h2-9,20-21,31H,10-19H2,1H3,(H,30,34)/b5-4+. The number of nitrogens with one attached hydrogen (secondary N) is 2. The van der Waals surface area contributed by atoms with Gasteiger partial charge in [0.15, 0.2) is 0 Å². The fourth-order valence-corrected chi connectivity index (χ4v) is 4.31. The molecule has 0 bridgehead atoms. The van der Waals surface area contributed by atoms with Gasteiger partial charge in [0.25, 0.3) is 5.91 Å². The number of carbonyl (C=O) groups is 1. The third-order valence-electron chi connectivity index (χ3n) is 6.26. The van der Waals surface area contributed by atoms with Crippen LogP contribution in [0.4, 0.5) is 10.1 Å². The van der Waals surface area contributed by atoms with Crippen molar-refractivity contribution in [1.82, 2.24) is 15.2 Å². The maximum Gasteiger partial charge on any atom is 0.267 e. The van der Waals surface area contributed by atoms with Crippen LogP contribution in [-0.4, -0.2) is 88.7 Å². The van der Waals surface area contributed by atoms with E-state index in [1.807, 2.05) is 48.5 Å². The molecule has 0 aliphatic carbocycles. The van der Waals surface area contributed by atoms with Gasteiger partial charge in [-0.2, -0.15) is 0 Å². The highest BCUT2D eigenvalue weighted by Crippen LogP contribution is 2.28. The Bertz CT molecular complexity index is 1170. The van der Waals surface area contributed by atoms with Crippen molar-refractivity contribution in [2.45, 2.75) is 0 Å². The van der Waals surface area contributed by atoms with Crippen molar-refractivity contribution in [3.8, 4) is 11.5 Å². The number of aromatic nitrogens is 1. The first-order valence-electron chi connectivity index (χ1n) is 12.6. The van der Waals surface area contributed by atoms with Crippen LogP contribution >= 0.6 is 0 Å². The van der Waals surface area contributed by atoms with Crippen molar-refractivity contribution in [1.29, 1.82) is 0 Å². The molecule has 1 aliphatic heterocycles. The number of halogens is 1. The number of aromatic amines is 1. The minimum Gasteiger partial charge on any atom is -0.495 e. The molecule has 3 aromatic rings. The molecule has 0 radical (unpaired) electrons. The molecule has 4 rings (SSSR count). The lowest BCUT2D eigenvalue weighted by Crippen LogP contribution is -2.46. The maximum atomic E-state index is 12.6. The van der Waals surface area contributed by atoms with Gasteiger partial charge in [-0.05, 0) is 36.4 Å². The average molecular weight is 511 g/mol. The molecule has 0 spiro atoms. The smallest absolute Gasteiger partial charge is 0.267 e. The van der Waals surface area contributed by atoms with Gasteiger partial charge in [-0.1, -0.05) is 24.3 Å². The first-order valence-corrected chi connectivity index (χ1v) is 12.6. The largest absolute Gasteiger partial charge is 0.495 e. The Balaban J connectivity index is 1.17. The van der Waals surface area contributed by atoms with E-state index in [4.69, 9.17) is 14.2 Å². The molecule has 1 aliphatic rings. The van der Waals surface area contributed by atoms with E-state index in [0.29, 0.717) is 31.2 Å². The molecule has 0 saturated carbocycles. The number of hydrogen-bond acceptors (Lipinski definition) is 6. The lowest BCUT2D eigenvalue weighted by molar-refractivity contribution is 0.0897. The zero-order valence-electron chi connectivity index (χ0n) is 21.2. The number of rotatable bonds is 13. The molecular formula is C28H35FN4O4. The number of piperazine rings is 1. The molecule has 0 atom stereocenters. The van der Waals surface area contributed by atoms with Crippen molar-refractivity contribution in [2.75, 3.05) is 77.8 Å². The second-order valence-corrected chi connectivity index (χ2v) is 8.72. The summed E-state index contributed by atoms with van der Waals surface area (Å²) in [5.41, 5.74) is 2.50. The van der Waals surface area contributed by atoms with Crippen LogP contribution in [0.2, 0.25) is 0 Å². The summed E-state index contributed by atoms with van der Waals surface area (Å²) < 4.78 is 28.2. The number of fused-ring (bicyclic) bond motifs is 1. The maximum absolute atomic E-state index is 12.6. The van der Waals surface area contributed by atoms with Crippen LogP contribution in [-0.2, 0) is 4.74 Å². The van der Waals surface area contributed by atoms with Gasteiger partial charge in [-0.15, -0.1) is 0 Å². The Kier molecular flexibility index (Phi) is 9.79. The second-order valence-electron chi connectivity index (χ2n) is 8.72. The lowest BCUT2D eigenvalue weighted by atomic mass is 10.2. The van der Waals surface area contributed by atoms with Crippen LogP contribution in [0.1, 0.15) is 10.5 Å². The van der Waals surface area contributed by atoms with Crippen molar-refractivity contribution < 1.29 is 23.4 Å². The Labute approximate surface area is 217 Å². The monoisotopic (exact) mass is 510 g/mol. The molecule has 1 saturated heterocycles. The quantitative estimate of drug-likeness (QED) is 0.270. The summed E-state index contributed by atoms with van der Waals surface area (Å²) in [7, 11) is 1.71. The Hall–Kier alpha value is -3.56. The fourth-order valence-electron chi connectivity index (χ4n) is 4.31. The van der Waals surface area contributed by atoms with Crippen LogP contribution in [0.3, 0.4) is 0 Å². The molecular weight excluding hydrogens is 475 g/mol. The van der Waals surface area contributed by atoms with Crippen molar-refractivity contribution in [3.05, 3.63) is 66.4 Å². The van der Waals surface area contributed by atoms with Gasteiger partial charge < -0.3 is 29.4 Å². The van der Waals surface area contributed by atoms with Gasteiger partial charge in [0.05, 0.1) is 26.0 Å². The number of benzene rings is 2. The van der Waals surface area contributed by atoms with Crippen LogP contribution in [0, 0.1) is 0 Å². The lowest BCUT2D eigenvalue weighted by Gasteiger charge is -2.36. The minimum atomic E-state index is -0.501. The van der Waals surface area contributed by atoms with Crippen molar-refractivity contribution in [2.24, 2.45) is 0 Å². The normalized spacial score (nSPS) is 14.4. The summed E-state index contributed by atoms with van der Waals surface area (Å²) in [6, 6.07) is 15.5. The van der Waals surface area contributed by atoms with Crippen molar-refractivity contribution >= 4 is 22.5 Å². The van der Waals surface area contributed by atoms with Gasteiger partial charge in [0, 0.05) is 50.2 Å². The molecule has 0 unspecified atom stereocenters. The van der Waals surface area contributed by atoms with Crippen LogP contribution in [0.25, 0.3) is 10.9 Å². The number of methoxy groups -OCH3 is 1. The number of H-pyrrole nitrogens is 1. The average Bonchev–Trinajstić information content (AvgIpc) is 3.37. The summed E-state index contributed by atoms with van der Waals surface area (Å²) in [5, 5.41) is 3.82. The van der Waals surface area contributed by atoms with Gasteiger partial charge >= 0.3 is 0 Å². The number of anilines is 1. The van der Waals surface area contributed by atoms with Gasteiger partial charge in [-0.25, -0.2) is 4.39 Å². The SMILES string of the molecule is COc1ccccc1N1CCN(C/C=C/CNC(=O)c2cc3cc(OCCOCCF)ccc3[nH]2)CC1. The molecule has 2 aromatic carbocycles. The van der Waals surface area contributed by atoms with E-state index < -0.39 is 6.67 Å². The molecule has 8 nitrogen and oxygen atoms in total. The summed E-state index contributed by atoms with van der Waals surface area (Å²) >= 11 is 0. The van der Waals surface area contributed by atoms with Crippen LogP contribution in [0.15, 0.2) is 60.7 Å². The van der Waals surface area contributed by atoms with E-state index in [0.717, 1.165) is 55.1 Å². The summed E-state index contributed by atoms with van der Waals surface area (Å²) in [4.78, 5) is 20.5. The predicted molar refractivity (Wildman–Crippen MR) is 144 cm³/mol. The third-order valence-corrected chi connectivity index (χ3v) is 6.26. The Morgan fingerprint density at radius 2 is 1.89 bits per heavy atom. The first-order chi connectivity index (χ1) is 18.2. The summed E-state index contributed by atoms with van der Waals surface area (Å²) in [5.74, 6) is 1.43. The number of amides is 1. The number of alkyl halides is 1. The zero-order valence-corrected chi connectivity index (χ0v) is 21.2. The number of hydrogen-bond donors (Lipinski definition) is 2. The van der Waals surface area contributed by atoms with E-state index in [9.17, 15) is 9.18 Å². The first kappa shape index (κ1) is 26.5. The highest BCUT2D eigenvalue weighted by atomic mass is 19.1.